The Morgan fingerprint density at radius 3 is 2.52 bits per heavy atom. The molecule has 0 amide bonds. The second-order valence-electron chi connectivity index (χ2n) is 5.53. The fraction of sp³-hybridized carbons (Fsp3) is 0.333. The molecular weight excluding hydrogens is 301 g/mol. The summed E-state index contributed by atoms with van der Waals surface area (Å²) in [6, 6.07) is 14.6. The Labute approximate surface area is 137 Å². The first-order valence-electron chi connectivity index (χ1n) is 7.23. The zero-order chi connectivity index (χ0) is 15.2. The van der Waals surface area contributed by atoms with Crippen molar-refractivity contribution in [1.29, 1.82) is 0 Å². The first-order valence-corrected chi connectivity index (χ1v) is 7.98. The highest BCUT2D eigenvalue weighted by Gasteiger charge is 2.13. The Morgan fingerprint density at radius 1 is 1.05 bits per heavy atom. The molecule has 1 unspecified atom stereocenters. The van der Waals surface area contributed by atoms with Gasteiger partial charge in [0.15, 0.2) is 0 Å². The summed E-state index contributed by atoms with van der Waals surface area (Å²) < 4.78 is 0. The van der Waals surface area contributed by atoms with E-state index in [9.17, 15) is 0 Å². The van der Waals surface area contributed by atoms with Crippen LogP contribution >= 0.6 is 23.2 Å². The molecule has 1 atom stereocenters. The van der Waals surface area contributed by atoms with Gasteiger partial charge in [0, 0.05) is 0 Å². The molecule has 0 heterocycles. The van der Waals surface area contributed by atoms with Gasteiger partial charge in [0.05, 0.1) is 10.0 Å². The van der Waals surface area contributed by atoms with E-state index in [0.717, 1.165) is 24.9 Å². The van der Waals surface area contributed by atoms with Crippen molar-refractivity contribution in [3.05, 3.63) is 69.2 Å². The van der Waals surface area contributed by atoms with Crippen LogP contribution in [0.1, 0.15) is 16.7 Å². The number of halogens is 2. The predicted octanol–water partition coefficient (Wildman–Crippen LogP) is 4.92. The largest absolute Gasteiger partial charge is 0.319 e. The van der Waals surface area contributed by atoms with E-state index in [1.807, 2.05) is 19.2 Å². The molecule has 112 valence electrons. The van der Waals surface area contributed by atoms with Gasteiger partial charge in [0.2, 0.25) is 0 Å². The van der Waals surface area contributed by atoms with Gasteiger partial charge in [-0.2, -0.15) is 0 Å². The number of benzene rings is 2. The highest BCUT2D eigenvalue weighted by molar-refractivity contribution is 6.42. The second-order valence-corrected chi connectivity index (χ2v) is 6.32. The highest BCUT2D eigenvalue weighted by Crippen LogP contribution is 2.28. The summed E-state index contributed by atoms with van der Waals surface area (Å²) in [5.41, 5.74) is 3.79. The number of aryl methyl sites for hydroxylation is 1. The van der Waals surface area contributed by atoms with Crippen molar-refractivity contribution in [3.63, 3.8) is 0 Å². The lowest BCUT2D eigenvalue weighted by Crippen LogP contribution is -2.23. The number of hydrogen-bond acceptors (Lipinski definition) is 1. The van der Waals surface area contributed by atoms with Gasteiger partial charge in [-0.15, -0.1) is 0 Å². The molecule has 3 heteroatoms. The molecule has 1 nitrogen and oxygen atoms in total. The highest BCUT2D eigenvalue weighted by atomic mass is 35.5. The first-order chi connectivity index (χ1) is 10.1. The molecule has 0 aliphatic heterocycles. The van der Waals surface area contributed by atoms with Crippen molar-refractivity contribution in [2.24, 2.45) is 5.92 Å². The molecule has 1 N–H and O–H groups in total. The van der Waals surface area contributed by atoms with Crippen molar-refractivity contribution in [2.75, 3.05) is 13.6 Å². The van der Waals surface area contributed by atoms with Gasteiger partial charge in [0.25, 0.3) is 0 Å². The van der Waals surface area contributed by atoms with Crippen LogP contribution in [-0.4, -0.2) is 13.6 Å². The Balaban J connectivity index is 2.13. The Kier molecular flexibility index (Phi) is 6.10. The van der Waals surface area contributed by atoms with E-state index in [0.29, 0.717) is 16.0 Å². The van der Waals surface area contributed by atoms with Crippen molar-refractivity contribution in [2.45, 2.75) is 19.8 Å². The minimum atomic E-state index is 0.493. The SMILES string of the molecule is CNCC(Cc1cccc(C)c1)Cc1cccc(Cl)c1Cl. The number of hydrogen-bond donors (Lipinski definition) is 1. The molecule has 0 spiro atoms. The van der Waals surface area contributed by atoms with Crippen LogP contribution in [0.5, 0.6) is 0 Å². The Morgan fingerprint density at radius 2 is 1.81 bits per heavy atom. The van der Waals surface area contributed by atoms with Gasteiger partial charge in [-0.1, -0.05) is 65.2 Å². The van der Waals surface area contributed by atoms with E-state index in [4.69, 9.17) is 23.2 Å². The van der Waals surface area contributed by atoms with Crippen molar-refractivity contribution < 1.29 is 0 Å². The lowest BCUT2D eigenvalue weighted by molar-refractivity contribution is 0.493. The molecule has 0 aliphatic rings. The summed E-state index contributed by atoms with van der Waals surface area (Å²) in [5, 5.41) is 4.60. The number of rotatable bonds is 6. The maximum atomic E-state index is 6.31. The summed E-state index contributed by atoms with van der Waals surface area (Å²) in [4.78, 5) is 0. The lowest BCUT2D eigenvalue weighted by Gasteiger charge is -2.18. The lowest BCUT2D eigenvalue weighted by atomic mass is 9.92. The molecular formula is C18H21Cl2N. The second kappa shape index (κ2) is 7.84. The number of nitrogens with one attached hydrogen (secondary N) is 1. The summed E-state index contributed by atoms with van der Waals surface area (Å²) in [6.45, 7) is 3.08. The van der Waals surface area contributed by atoms with E-state index in [1.54, 1.807) is 0 Å². The van der Waals surface area contributed by atoms with Crippen LogP contribution in [0.2, 0.25) is 10.0 Å². The van der Waals surface area contributed by atoms with Crippen LogP contribution < -0.4 is 5.32 Å². The molecule has 21 heavy (non-hydrogen) atoms. The molecule has 0 aliphatic carbocycles. The Hall–Kier alpha value is -1.02. The minimum Gasteiger partial charge on any atom is -0.319 e. The van der Waals surface area contributed by atoms with Crippen molar-refractivity contribution in [1.82, 2.24) is 5.32 Å². The maximum Gasteiger partial charge on any atom is 0.0624 e. The van der Waals surface area contributed by atoms with Gasteiger partial charge >= 0.3 is 0 Å². The van der Waals surface area contributed by atoms with Crippen molar-refractivity contribution >= 4 is 23.2 Å². The van der Waals surface area contributed by atoms with Crippen LogP contribution in [0, 0.1) is 12.8 Å². The molecule has 2 aromatic carbocycles. The van der Waals surface area contributed by atoms with Crippen LogP contribution in [-0.2, 0) is 12.8 Å². The summed E-state index contributed by atoms with van der Waals surface area (Å²) in [6.07, 6.45) is 1.96. The van der Waals surface area contributed by atoms with Gasteiger partial charge in [-0.05, 0) is 56.5 Å². The van der Waals surface area contributed by atoms with Gasteiger partial charge in [0.1, 0.15) is 0 Å². The van der Waals surface area contributed by atoms with Crippen LogP contribution in [0.25, 0.3) is 0 Å². The fourth-order valence-electron chi connectivity index (χ4n) is 2.69. The minimum absolute atomic E-state index is 0.493. The third-order valence-corrected chi connectivity index (χ3v) is 4.50. The van der Waals surface area contributed by atoms with E-state index < -0.39 is 0 Å². The summed E-state index contributed by atoms with van der Waals surface area (Å²) >= 11 is 12.4. The molecule has 0 radical (unpaired) electrons. The average molecular weight is 322 g/mol. The van der Waals surface area contributed by atoms with Crippen LogP contribution in [0.3, 0.4) is 0 Å². The first kappa shape index (κ1) is 16.4. The average Bonchev–Trinajstić information content (AvgIpc) is 2.44. The zero-order valence-corrected chi connectivity index (χ0v) is 14.0. The Bertz CT molecular complexity index is 596. The van der Waals surface area contributed by atoms with Crippen LogP contribution in [0.15, 0.2) is 42.5 Å². The van der Waals surface area contributed by atoms with Crippen LogP contribution in [0.4, 0.5) is 0 Å². The predicted molar refractivity (Wildman–Crippen MR) is 92.5 cm³/mol. The van der Waals surface area contributed by atoms with Gasteiger partial charge in [-0.25, -0.2) is 0 Å². The maximum absolute atomic E-state index is 6.31. The molecule has 0 saturated heterocycles. The molecule has 0 bridgehead atoms. The van der Waals surface area contributed by atoms with Crippen molar-refractivity contribution in [3.8, 4) is 0 Å². The molecule has 0 aromatic heterocycles. The zero-order valence-electron chi connectivity index (χ0n) is 12.5. The molecule has 0 fully saturated rings. The van der Waals surface area contributed by atoms with Gasteiger partial charge < -0.3 is 5.32 Å². The van der Waals surface area contributed by atoms with Gasteiger partial charge in [-0.3, -0.25) is 0 Å². The monoisotopic (exact) mass is 321 g/mol. The topological polar surface area (TPSA) is 12.0 Å². The standard InChI is InChI=1S/C18H21Cl2N/c1-13-5-3-6-14(9-13)10-15(12-21-2)11-16-7-4-8-17(19)18(16)20/h3-9,15,21H,10-12H2,1-2H3. The smallest absolute Gasteiger partial charge is 0.0624 e. The summed E-state index contributed by atoms with van der Waals surface area (Å²) in [5.74, 6) is 0.493. The van der Waals surface area contributed by atoms with E-state index in [1.165, 1.54) is 11.1 Å². The van der Waals surface area contributed by atoms with E-state index in [-0.39, 0.29) is 0 Å². The quantitative estimate of drug-likeness (QED) is 0.796. The summed E-state index contributed by atoms with van der Waals surface area (Å²) in [7, 11) is 1.99. The fourth-order valence-corrected chi connectivity index (χ4v) is 3.09. The third kappa shape index (κ3) is 4.74. The molecule has 0 saturated carbocycles. The molecule has 2 rings (SSSR count). The molecule has 2 aromatic rings. The third-order valence-electron chi connectivity index (χ3n) is 3.64. The van der Waals surface area contributed by atoms with E-state index in [2.05, 4.69) is 42.6 Å². The normalized spacial score (nSPS) is 12.4. The van der Waals surface area contributed by atoms with E-state index >= 15 is 0 Å².